The van der Waals surface area contributed by atoms with Gasteiger partial charge < -0.3 is 5.32 Å². The Labute approximate surface area is 123 Å². The highest BCUT2D eigenvalue weighted by molar-refractivity contribution is 6.31. The molecule has 0 radical (unpaired) electrons. The van der Waals surface area contributed by atoms with Crippen LogP contribution >= 0.6 is 11.6 Å². The normalized spacial score (nSPS) is 11.9. The Morgan fingerprint density at radius 3 is 2.38 bits per heavy atom. The van der Waals surface area contributed by atoms with Gasteiger partial charge in [-0.1, -0.05) is 11.6 Å². The first-order valence-corrected chi connectivity index (χ1v) is 6.15. The quantitative estimate of drug-likeness (QED) is 0.808. The van der Waals surface area contributed by atoms with Crippen LogP contribution in [0.1, 0.15) is 11.3 Å². The molecule has 110 valence electrons. The Morgan fingerprint density at radius 1 is 1.14 bits per heavy atom. The summed E-state index contributed by atoms with van der Waals surface area (Å²) >= 11 is 5.75. The summed E-state index contributed by atoms with van der Waals surface area (Å²) in [6.45, 7) is 0. The van der Waals surface area contributed by atoms with Gasteiger partial charge in [-0.25, -0.2) is 4.39 Å². The monoisotopic (exact) mass is 316 g/mol. The van der Waals surface area contributed by atoms with Crippen molar-refractivity contribution in [2.24, 2.45) is 0 Å². The van der Waals surface area contributed by atoms with E-state index in [1.165, 1.54) is 36.5 Å². The number of nitrogens with one attached hydrogen (secondary N) is 1. The van der Waals surface area contributed by atoms with E-state index < -0.39 is 11.7 Å². The predicted molar refractivity (Wildman–Crippen MR) is 73.3 cm³/mol. The minimum absolute atomic E-state index is 0.109. The highest BCUT2D eigenvalue weighted by Crippen LogP contribution is 2.31. The van der Waals surface area contributed by atoms with E-state index in [1.807, 2.05) is 0 Å². The zero-order valence-electron chi connectivity index (χ0n) is 10.5. The molecule has 0 atom stereocenters. The maximum atomic E-state index is 12.7. The van der Waals surface area contributed by atoms with Gasteiger partial charge in [0.25, 0.3) is 0 Å². The molecule has 0 aliphatic heterocycles. The maximum absolute atomic E-state index is 12.7. The molecule has 0 aliphatic rings. The van der Waals surface area contributed by atoms with Crippen molar-refractivity contribution in [1.29, 1.82) is 0 Å². The van der Waals surface area contributed by atoms with Gasteiger partial charge in [-0.15, -0.1) is 0 Å². The topological polar surface area (TPSA) is 24.9 Å². The van der Waals surface area contributed by atoms with Crippen molar-refractivity contribution in [1.82, 2.24) is 4.98 Å². The van der Waals surface area contributed by atoms with Gasteiger partial charge in [0, 0.05) is 18.1 Å². The van der Waals surface area contributed by atoms with E-state index in [4.69, 9.17) is 11.6 Å². The summed E-state index contributed by atoms with van der Waals surface area (Å²) in [5.41, 5.74) is -0.0916. The van der Waals surface area contributed by atoms with E-state index in [0.717, 1.165) is 6.07 Å². The zero-order chi connectivity index (χ0) is 15.5. The molecule has 2 aromatic rings. The standard InChI is InChI=1S/C14H9ClF4N2/c15-12-7-9(14(17,18)19)8-21-13(12)5-6-20-11-3-1-10(16)2-4-11/h1-8,20H/b6-5+. The first-order valence-electron chi connectivity index (χ1n) is 5.77. The van der Waals surface area contributed by atoms with E-state index in [2.05, 4.69) is 10.3 Å². The average molecular weight is 317 g/mol. The Hall–Kier alpha value is -2.08. The van der Waals surface area contributed by atoms with Crippen LogP contribution in [-0.2, 0) is 6.18 Å². The third-order valence-corrected chi connectivity index (χ3v) is 2.84. The van der Waals surface area contributed by atoms with Crippen molar-refractivity contribution in [3.05, 3.63) is 64.8 Å². The second kappa shape index (κ2) is 6.13. The van der Waals surface area contributed by atoms with Crippen molar-refractivity contribution < 1.29 is 17.6 Å². The smallest absolute Gasteiger partial charge is 0.362 e. The number of hydrogen-bond donors (Lipinski definition) is 1. The van der Waals surface area contributed by atoms with Gasteiger partial charge >= 0.3 is 6.18 Å². The third-order valence-electron chi connectivity index (χ3n) is 2.53. The Morgan fingerprint density at radius 2 is 1.81 bits per heavy atom. The Balaban J connectivity index is 2.09. The number of benzene rings is 1. The molecule has 1 N–H and O–H groups in total. The first kappa shape index (κ1) is 15.3. The largest absolute Gasteiger partial charge is 0.417 e. The van der Waals surface area contributed by atoms with Gasteiger partial charge in [0.15, 0.2) is 0 Å². The van der Waals surface area contributed by atoms with E-state index in [0.29, 0.717) is 11.9 Å². The van der Waals surface area contributed by atoms with Gasteiger partial charge in [-0.05, 0) is 36.4 Å². The lowest BCUT2D eigenvalue weighted by Crippen LogP contribution is -2.05. The van der Waals surface area contributed by atoms with Crippen LogP contribution in [0.15, 0.2) is 42.7 Å². The molecular weight excluding hydrogens is 308 g/mol. The summed E-state index contributed by atoms with van der Waals surface area (Å²) in [5, 5.41) is 2.72. The van der Waals surface area contributed by atoms with Crippen LogP contribution in [0, 0.1) is 5.82 Å². The van der Waals surface area contributed by atoms with Crippen LogP contribution in [0.25, 0.3) is 6.08 Å². The Kier molecular flexibility index (Phi) is 4.47. The van der Waals surface area contributed by atoms with E-state index in [9.17, 15) is 17.6 Å². The van der Waals surface area contributed by atoms with Gasteiger partial charge in [0.05, 0.1) is 16.3 Å². The second-order valence-corrected chi connectivity index (χ2v) is 4.48. The van der Waals surface area contributed by atoms with Crippen molar-refractivity contribution >= 4 is 23.4 Å². The molecule has 0 saturated carbocycles. The molecule has 1 aromatic heterocycles. The number of nitrogens with zero attached hydrogens (tertiary/aromatic N) is 1. The van der Waals surface area contributed by atoms with Crippen molar-refractivity contribution in [3.8, 4) is 0 Å². The van der Waals surface area contributed by atoms with Crippen molar-refractivity contribution in [2.75, 3.05) is 5.32 Å². The number of aromatic nitrogens is 1. The number of halogens is 5. The van der Waals surface area contributed by atoms with Crippen molar-refractivity contribution in [2.45, 2.75) is 6.18 Å². The molecule has 21 heavy (non-hydrogen) atoms. The maximum Gasteiger partial charge on any atom is 0.417 e. The molecule has 0 unspecified atom stereocenters. The number of pyridine rings is 1. The van der Waals surface area contributed by atoms with Gasteiger partial charge in [0.2, 0.25) is 0 Å². The predicted octanol–water partition coefficient (Wildman–Crippen LogP) is 4.98. The summed E-state index contributed by atoms with van der Waals surface area (Å²) < 4.78 is 50.0. The average Bonchev–Trinajstić information content (AvgIpc) is 2.41. The number of anilines is 1. The van der Waals surface area contributed by atoms with Crippen LogP contribution in [0.5, 0.6) is 0 Å². The fourth-order valence-corrected chi connectivity index (χ4v) is 1.72. The van der Waals surface area contributed by atoms with Crippen LogP contribution in [0.4, 0.5) is 23.2 Å². The van der Waals surface area contributed by atoms with Gasteiger partial charge in [-0.2, -0.15) is 13.2 Å². The molecule has 2 nitrogen and oxygen atoms in total. The molecule has 1 heterocycles. The molecular formula is C14H9ClF4N2. The fourth-order valence-electron chi connectivity index (χ4n) is 1.49. The minimum atomic E-state index is -4.48. The molecule has 2 rings (SSSR count). The molecule has 7 heteroatoms. The molecule has 0 bridgehead atoms. The summed E-state index contributed by atoms with van der Waals surface area (Å²) in [5.74, 6) is -0.364. The second-order valence-electron chi connectivity index (χ2n) is 4.07. The van der Waals surface area contributed by atoms with E-state index >= 15 is 0 Å². The first-order chi connectivity index (χ1) is 9.86. The molecule has 1 aromatic carbocycles. The SMILES string of the molecule is Fc1ccc(N/C=C/c2ncc(C(F)(F)F)cc2Cl)cc1. The molecule has 0 amide bonds. The zero-order valence-corrected chi connectivity index (χ0v) is 11.2. The molecule has 0 saturated heterocycles. The summed E-state index contributed by atoms with van der Waals surface area (Å²) in [6, 6.07) is 6.40. The lowest BCUT2D eigenvalue weighted by molar-refractivity contribution is -0.137. The lowest BCUT2D eigenvalue weighted by atomic mass is 10.2. The molecule has 0 spiro atoms. The number of hydrogen-bond acceptors (Lipinski definition) is 2. The fraction of sp³-hybridized carbons (Fsp3) is 0.0714. The van der Waals surface area contributed by atoms with Crippen LogP contribution in [0.2, 0.25) is 5.02 Å². The number of alkyl halides is 3. The van der Waals surface area contributed by atoms with E-state index in [1.54, 1.807) is 0 Å². The van der Waals surface area contributed by atoms with E-state index in [-0.39, 0.29) is 16.5 Å². The third kappa shape index (κ3) is 4.19. The summed E-state index contributed by atoms with van der Waals surface area (Å²) in [4.78, 5) is 3.65. The molecule has 0 aliphatic carbocycles. The highest BCUT2D eigenvalue weighted by Gasteiger charge is 2.31. The van der Waals surface area contributed by atoms with Crippen molar-refractivity contribution in [3.63, 3.8) is 0 Å². The summed E-state index contributed by atoms with van der Waals surface area (Å²) in [7, 11) is 0. The number of rotatable bonds is 3. The van der Waals surface area contributed by atoms with Crippen LogP contribution < -0.4 is 5.32 Å². The Bertz CT molecular complexity index is 651. The summed E-state index contributed by atoms with van der Waals surface area (Å²) in [6.07, 6.45) is -0.894. The lowest BCUT2D eigenvalue weighted by Gasteiger charge is -2.07. The van der Waals surface area contributed by atoms with Gasteiger partial charge in [-0.3, -0.25) is 4.98 Å². The molecule has 0 fully saturated rings. The van der Waals surface area contributed by atoms with Gasteiger partial charge in [0.1, 0.15) is 5.82 Å². The van der Waals surface area contributed by atoms with Crippen LogP contribution in [0.3, 0.4) is 0 Å². The van der Waals surface area contributed by atoms with Crippen LogP contribution in [-0.4, -0.2) is 4.98 Å². The minimum Gasteiger partial charge on any atom is -0.362 e. The highest BCUT2D eigenvalue weighted by atomic mass is 35.5.